The Kier molecular flexibility index (Phi) is 3.57. The highest BCUT2D eigenvalue weighted by molar-refractivity contribution is 9.10. The second kappa shape index (κ2) is 5.14. The fraction of sp³-hybridized carbons (Fsp3) is 0. The maximum absolute atomic E-state index is 13.0. The first kappa shape index (κ1) is 12.5. The molecule has 0 spiro atoms. The van der Waals surface area contributed by atoms with E-state index in [-0.39, 0.29) is 11.3 Å². The number of aromatic nitrogens is 1. The quantitative estimate of drug-likeness (QED) is 0.838. The number of phenols is 1. The summed E-state index contributed by atoms with van der Waals surface area (Å²) < 4.78 is 13.6. The van der Waals surface area contributed by atoms with Crippen LogP contribution in [0.3, 0.4) is 0 Å². The molecule has 2 aromatic rings. The van der Waals surface area contributed by atoms with Gasteiger partial charge in [0.05, 0.1) is 5.56 Å². The Morgan fingerprint density at radius 2 is 2.11 bits per heavy atom. The van der Waals surface area contributed by atoms with Gasteiger partial charge >= 0.3 is 0 Å². The predicted octanol–water partition coefficient (Wildman–Crippen LogP) is 2.94. The zero-order valence-corrected chi connectivity index (χ0v) is 10.6. The van der Waals surface area contributed by atoms with Crippen LogP contribution in [0.4, 0.5) is 10.2 Å². The van der Waals surface area contributed by atoms with Crippen LogP contribution in [0.1, 0.15) is 10.4 Å². The first-order valence-electron chi connectivity index (χ1n) is 4.98. The van der Waals surface area contributed by atoms with Crippen molar-refractivity contribution in [3.8, 4) is 5.75 Å². The maximum Gasteiger partial charge on any atom is 0.260 e. The molecule has 0 radical (unpaired) electrons. The van der Waals surface area contributed by atoms with Crippen LogP contribution in [0.2, 0.25) is 0 Å². The molecule has 1 aromatic heterocycles. The van der Waals surface area contributed by atoms with E-state index >= 15 is 0 Å². The molecule has 0 aliphatic heterocycles. The highest BCUT2D eigenvalue weighted by atomic mass is 79.9. The van der Waals surface area contributed by atoms with Crippen molar-refractivity contribution in [3.05, 3.63) is 52.4 Å². The lowest BCUT2D eigenvalue weighted by Gasteiger charge is -2.06. The monoisotopic (exact) mass is 310 g/mol. The molecule has 92 valence electrons. The summed E-state index contributed by atoms with van der Waals surface area (Å²) in [5, 5.41) is 11.9. The van der Waals surface area contributed by atoms with Gasteiger partial charge in [0.15, 0.2) is 0 Å². The minimum absolute atomic E-state index is 0.142. The highest BCUT2D eigenvalue weighted by Gasteiger charge is 2.12. The van der Waals surface area contributed by atoms with Gasteiger partial charge in [0.2, 0.25) is 0 Å². The van der Waals surface area contributed by atoms with Crippen LogP contribution in [-0.2, 0) is 0 Å². The standard InChI is InChI=1S/C12H8BrFN2O2/c13-10-2-1-3-11(15-10)16-12(18)8-6-7(14)4-5-9(8)17/h1-6,17H,(H,15,16,18). The van der Waals surface area contributed by atoms with Gasteiger partial charge in [-0.1, -0.05) is 6.07 Å². The topological polar surface area (TPSA) is 62.2 Å². The molecule has 6 heteroatoms. The first-order chi connectivity index (χ1) is 8.56. The number of hydrogen-bond donors (Lipinski definition) is 2. The Balaban J connectivity index is 2.24. The summed E-state index contributed by atoms with van der Waals surface area (Å²) in [4.78, 5) is 15.8. The fourth-order valence-corrected chi connectivity index (χ4v) is 1.70. The van der Waals surface area contributed by atoms with Gasteiger partial charge in [-0.2, -0.15) is 0 Å². The number of nitrogens with zero attached hydrogens (tertiary/aromatic N) is 1. The lowest BCUT2D eigenvalue weighted by molar-refractivity contribution is 0.102. The van der Waals surface area contributed by atoms with Crippen molar-refractivity contribution in [1.29, 1.82) is 0 Å². The van der Waals surface area contributed by atoms with E-state index in [1.165, 1.54) is 0 Å². The van der Waals surface area contributed by atoms with E-state index in [0.717, 1.165) is 18.2 Å². The number of halogens is 2. The number of rotatable bonds is 2. The molecule has 0 saturated carbocycles. The molecule has 0 bridgehead atoms. The second-order valence-electron chi connectivity index (χ2n) is 3.46. The van der Waals surface area contributed by atoms with Gasteiger partial charge in [0.25, 0.3) is 5.91 Å². The molecule has 0 atom stereocenters. The molecule has 1 heterocycles. The summed E-state index contributed by atoms with van der Waals surface area (Å²) >= 11 is 3.16. The number of carbonyl (C=O) groups is 1. The summed E-state index contributed by atoms with van der Waals surface area (Å²) in [6.07, 6.45) is 0. The van der Waals surface area contributed by atoms with Crippen LogP contribution in [-0.4, -0.2) is 16.0 Å². The number of pyridine rings is 1. The van der Waals surface area contributed by atoms with Crippen LogP contribution < -0.4 is 5.32 Å². The van der Waals surface area contributed by atoms with Gasteiger partial charge in [0.1, 0.15) is 22.0 Å². The largest absolute Gasteiger partial charge is 0.507 e. The van der Waals surface area contributed by atoms with E-state index in [2.05, 4.69) is 26.2 Å². The average Bonchev–Trinajstić information content (AvgIpc) is 2.32. The van der Waals surface area contributed by atoms with E-state index in [4.69, 9.17) is 0 Å². The molecule has 18 heavy (non-hydrogen) atoms. The number of carbonyl (C=O) groups excluding carboxylic acids is 1. The van der Waals surface area contributed by atoms with E-state index in [1.54, 1.807) is 18.2 Å². The Morgan fingerprint density at radius 3 is 2.83 bits per heavy atom. The Morgan fingerprint density at radius 1 is 1.33 bits per heavy atom. The zero-order chi connectivity index (χ0) is 13.1. The number of nitrogens with one attached hydrogen (secondary N) is 1. The third-order valence-corrected chi connectivity index (χ3v) is 2.60. The van der Waals surface area contributed by atoms with Crippen LogP contribution in [0.15, 0.2) is 41.0 Å². The van der Waals surface area contributed by atoms with Gasteiger partial charge < -0.3 is 10.4 Å². The highest BCUT2D eigenvalue weighted by Crippen LogP contribution is 2.19. The van der Waals surface area contributed by atoms with E-state index in [1.807, 2.05) is 0 Å². The molecular formula is C12H8BrFN2O2. The lowest BCUT2D eigenvalue weighted by atomic mass is 10.2. The maximum atomic E-state index is 13.0. The Hall–Kier alpha value is -1.95. The number of amides is 1. The van der Waals surface area contributed by atoms with Gasteiger partial charge in [-0.15, -0.1) is 0 Å². The molecule has 1 aromatic carbocycles. The second-order valence-corrected chi connectivity index (χ2v) is 4.27. The zero-order valence-electron chi connectivity index (χ0n) is 9.02. The normalized spacial score (nSPS) is 10.1. The minimum atomic E-state index is -0.627. The molecule has 0 unspecified atom stereocenters. The van der Waals surface area contributed by atoms with Crippen molar-refractivity contribution in [2.75, 3.05) is 5.32 Å². The first-order valence-corrected chi connectivity index (χ1v) is 5.78. The van der Waals surface area contributed by atoms with Gasteiger partial charge in [-0.25, -0.2) is 9.37 Å². The minimum Gasteiger partial charge on any atom is -0.507 e. The van der Waals surface area contributed by atoms with Crippen molar-refractivity contribution in [2.45, 2.75) is 0 Å². The molecular weight excluding hydrogens is 303 g/mol. The van der Waals surface area contributed by atoms with Gasteiger partial charge in [0, 0.05) is 0 Å². The molecule has 2 rings (SSSR count). The summed E-state index contributed by atoms with van der Waals surface area (Å²) in [7, 11) is 0. The number of hydrogen-bond acceptors (Lipinski definition) is 3. The van der Waals surface area contributed by atoms with E-state index in [0.29, 0.717) is 10.4 Å². The Labute approximate surface area is 111 Å². The van der Waals surface area contributed by atoms with Crippen LogP contribution in [0.5, 0.6) is 5.75 Å². The molecule has 1 amide bonds. The molecule has 2 N–H and O–H groups in total. The number of benzene rings is 1. The van der Waals surface area contributed by atoms with Crippen LogP contribution in [0.25, 0.3) is 0 Å². The third kappa shape index (κ3) is 2.84. The van der Waals surface area contributed by atoms with Crippen LogP contribution in [0, 0.1) is 5.82 Å². The van der Waals surface area contributed by atoms with Gasteiger partial charge in [-0.3, -0.25) is 4.79 Å². The smallest absolute Gasteiger partial charge is 0.260 e. The third-order valence-electron chi connectivity index (χ3n) is 2.16. The Bertz CT molecular complexity index is 604. The summed E-state index contributed by atoms with van der Waals surface area (Å²) in [6.45, 7) is 0. The summed E-state index contributed by atoms with van der Waals surface area (Å²) in [5.41, 5.74) is -0.142. The average molecular weight is 311 g/mol. The van der Waals surface area contributed by atoms with Gasteiger partial charge in [-0.05, 0) is 46.3 Å². The molecule has 4 nitrogen and oxygen atoms in total. The van der Waals surface area contributed by atoms with Crippen molar-refractivity contribution < 1.29 is 14.3 Å². The van der Waals surface area contributed by atoms with Crippen molar-refractivity contribution >= 4 is 27.7 Å². The summed E-state index contributed by atoms with van der Waals surface area (Å²) in [5.74, 6) is -1.21. The molecule has 0 aliphatic carbocycles. The van der Waals surface area contributed by atoms with Crippen molar-refractivity contribution in [3.63, 3.8) is 0 Å². The SMILES string of the molecule is O=C(Nc1cccc(Br)n1)c1cc(F)ccc1O. The fourth-order valence-electron chi connectivity index (χ4n) is 1.35. The van der Waals surface area contributed by atoms with E-state index in [9.17, 15) is 14.3 Å². The van der Waals surface area contributed by atoms with E-state index < -0.39 is 11.7 Å². The number of phenolic OH excluding ortho intramolecular Hbond substituents is 1. The molecule has 0 saturated heterocycles. The summed E-state index contributed by atoms with van der Waals surface area (Å²) in [6, 6.07) is 8.14. The van der Waals surface area contributed by atoms with Crippen molar-refractivity contribution in [1.82, 2.24) is 4.98 Å². The lowest BCUT2D eigenvalue weighted by Crippen LogP contribution is -2.13. The number of anilines is 1. The molecule has 0 fully saturated rings. The molecule has 0 aliphatic rings. The number of aromatic hydroxyl groups is 1. The van der Waals surface area contributed by atoms with Crippen molar-refractivity contribution in [2.24, 2.45) is 0 Å². The predicted molar refractivity (Wildman–Crippen MR) is 68.0 cm³/mol. The van der Waals surface area contributed by atoms with Crippen LogP contribution >= 0.6 is 15.9 Å².